The van der Waals surface area contributed by atoms with Crippen molar-refractivity contribution in [3.05, 3.63) is 70.8 Å². The van der Waals surface area contributed by atoms with Gasteiger partial charge in [-0.2, -0.15) is 0 Å². The summed E-state index contributed by atoms with van der Waals surface area (Å²) in [5.74, 6) is -0.567. The Bertz CT molecular complexity index is 843. The largest absolute Gasteiger partial charge is 0.368 e. The van der Waals surface area contributed by atoms with Gasteiger partial charge < -0.3 is 16.2 Å². The van der Waals surface area contributed by atoms with Crippen molar-refractivity contribution in [2.45, 2.75) is 57.3 Å². The number of carbonyl (C=O) groups excluding carboxylic acids is 2. The standard InChI is InChI=1S/C14H19N3O3.C10H12/c1-9(15)6-7-20-14-11-5-3-2-4-10(11)12(13(16)19)17(14)8-18;1-2-6-10-8-4-3-7-9(10)5-1/h2-5,8-9,12,14H,6-7,15H2,1H3,(H2,16,19);1-2,5-6H,3-4,7-8H2. The van der Waals surface area contributed by atoms with Crippen LogP contribution in [-0.2, 0) is 27.2 Å². The van der Waals surface area contributed by atoms with Crippen LogP contribution in [0.5, 0.6) is 0 Å². The molecule has 1 aliphatic carbocycles. The van der Waals surface area contributed by atoms with Crippen LogP contribution in [0.3, 0.4) is 0 Å². The van der Waals surface area contributed by atoms with E-state index in [2.05, 4.69) is 24.3 Å². The molecule has 1 heterocycles. The smallest absolute Gasteiger partial charge is 0.244 e. The summed E-state index contributed by atoms with van der Waals surface area (Å²) >= 11 is 0. The van der Waals surface area contributed by atoms with E-state index in [9.17, 15) is 9.59 Å². The number of amides is 2. The number of carbonyl (C=O) groups is 2. The molecule has 6 nitrogen and oxygen atoms in total. The van der Waals surface area contributed by atoms with Crippen LogP contribution in [-0.4, -0.2) is 29.9 Å². The molecule has 3 unspecified atom stereocenters. The Kier molecular flexibility index (Phi) is 7.60. The second-order valence-corrected chi connectivity index (χ2v) is 7.95. The van der Waals surface area contributed by atoms with Gasteiger partial charge in [-0.3, -0.25) is 14.5 Å². The zero-order chi connectivity index (χ0) is 21.5. The van der Waals surface area contributed by atoms with Gasteiger partial charge in [-0.25, -0.2) is 0 Å². The Hall–Kier alpha value is -2.70. The molecule has 4 N–H and O–H groups in total. The monoisotopic (exact) mass is 409 g/mol. The molecule has 0 fully saturated rings. The van der Waals surface area contributed by atoms with E-state index in [-0.39, 0.29) is 6.04 Å². The van der Waals surface area contributed by atoms with Crippen LogP contribution in [0.1, 0.15) is 60.7 Å². The fraction of sp³-hybridized carbons (Fsp3) is 0.417. The molecule has 0 saturated carbocycles. The Balaban J connectivity index is 0.000000212. The highest BCUT2D eigenvalue weighted by Gasteiger charge is 2.41. The Morgan fingerprint density at radius 2 is 1.67 bits per heavy atom. The third-order valence-corrected chi connectivity index (χ3v) is 5.63. The van der Waals surface area contributed by atoms with E-state index in [0.29, 0.717) is 19.4 Å². The van der Waals surface area contributed by atoms with Gasteiger partial charge in [-0.05, 0) is 55.7 Å². The first-order valence-corrected chi connectivity index (χ1v) is 10.6. The van der Waals surface area contributed by atoms with Crippen LogP contribution < -0.4 is 11.5 Å². The second-order valence-electron chi connectivity index (χ2n) is 7.95. The quantitative estimate of drug-likeness (QED) is 0.717. The van der Waals surface area contributed by atoms with E-state index in [4.69, 9.17) is 16.2 Å². The summed E-state index contributed by atoms with van der Waals surface area (Å²) in [6.07, 6.45) is 6.07. The summed E-state index contributed by atoms with van der Waals surface area (Å²) in [5, 5.41) is 0. The molecule has 4 rings (SSSR count). The first kappa shape index (κ1) is 22.0. The van der Waals surface area contributed by atoms with E-state index in [1.807, 2.05) is 25.1 Å². The molecule has 6 heteroatoms. The van der Waals surface area contributed by atoms with Crippen molar-refractivity contribution >= 4 is 12.3 Å². The van der Waals surface area contributed by atoms with E-state index in [1.54, 1.807) is 17.2 Å². The highest BCUT2D eigenvalue weighted by molar-refractivity contribution is 5.85. The molecule has 0 radical (unpaired) electrons. The minimum atomic E-state index is -0.774. The summed E-state index contributed by atoms with van der Waals surface area (Å²) in [6, 6.07) is 15.3. The lowest BCUT2D eigenvalue weighted by Gasteiger charge is -2.25. The lowest BCUT2D eigenvalue weighted by Crippen LogP contribution is -2.35. The summed E-state index contributed by atoms with van der Waals surface area (Å²) in [5.41, 5.74) is 15.8. The van der Waals surface area contributed by atoms with Crippen molar-refractivity contribution in [3.63, 3.8) is 0 Å². The number of hydrogen-bond acceptors (Lipinski definition) is 4. The molecule has 0 bridgehead atoms. The van der Waals surface area contributed by atoms with E-state index >= 15 is 0 Å². The Labute approximate surface area is 178 Å². The van der Waals surface area contributed by atoms with Crippen LogP contribution in [0.2, 0.25) is 0 Å². The van der Waals surface area contributed by atoms with Gasteiger partial charge in [0.1, 0.15) is 6.04 Å². The van der Waals surface area contributed by atoms with Gasteiger partial charge in [0.05, 0.1) is 6.61 Å². The summed E-state index contributed by atoms with van der Waals surface area (Å²) < 4.78 is 5.73. The van der Waals surface area contributed by atoms with Crippen LogP contribution in [0, 0.1) is 0 Å². The maximum atomic E-state index is 11.6. The van der Waals surface area contributed by atoms with Gasteiger partial charge >= 0.3 is 0 Å². The maximum Gasteiger partial charge on any atom is 0.244 e. The van der Waals surface area contributed by atoms with Gasteiger partial charge in [0, 0.05) is 11.6 Å². The predicted octanol–water partition coefficient (Wildman–Crippen LogP) is 3.00. The van der Waals surface area contributed by atoms with Crippen LogP contribution in [0.25, 0.3) is 0 Å². The summed E-state index contributed by atoms with van der Waals surface area (Å²) in [4.78, 5) is 24.2. The minimum absolute atomic E-state index is 0.0169. The molecular weight excluding hydrogens is 378 g/mol. The molecular formula is C24H31N3O3. The molecule has 2 aromatic rings. The fourth-order valence-corrected chi connectivity index (χ4v) is 4.08. The van der Waals surface area contributed by atoms with Crippen molar-refractivity contribution in [3.8, 4) is 0 Å². The van der Waals surface area contributed by atoms with E-state index in [1.165, 1.54) is 30.6 Å². The van der Waals surface area contributed by atoms with Gasteiger partial charge in [0.25, 0.3) is 0 Å². The molecule has 0 spiro atoms. The third-order valence-electron chi connectivity index (χ3n) is 5.63. The SMILES string of the molecule is CC(N)CCOC1c2ccccc2C(C(N)=O)N1C=O.c1ccc2c(c1)CCCC2. The van der Waals surface area contributed by atoms with Crippen LogP contribution in [0.15, 0.2) is 48.5 Å². The highest BCUT2D eigenvalue weighted by atomic mass is 16.5. The average Bonchev–Trinajstić information content (AvgIpc) is 3.08. The average molecular weight is 410 g/mol. The molecule has 0 aromatic heterocycles. The van der Waals surface area contributed by atoms with Gasteiger partial charge in [0.15, 0.2) is 6.23 Å². The molecule has 160 valence electrons. The number of fused-ring (bicyclic) bond motifs is 2. The van der Waals surface area contributed by atoms with Gasteiger partial charge in [-0.15, -0.1) is 0 Å². The van der Waals surface area contributed by atoms with Crippen molar-refractivity contribution in [2.75, 3.05) is 6.61 Å². The molecule has 2 amide bonds. The minimum Gasteiger partial charge on any atom is -0.368 e. The maximum absolute atomic E-state index is 11.6. The molecule has 2 aromatic carbocycles. The zero-order valence-corrected chi connectivity index (χ0v) is 17.5. The van der Waals surface area contributed by atoms with E-state index < -0.39 is 18.2 Å². The molecule has 1 aliphatic heterocycles. The van der Waals surface area contributed by atoms with Crippen molar-refractivity contribution in [1.29, 1.82) is 0 Å². The summed E-state index contributed by atoms with van der Waals surface area (Å²) in [6.45, 7) is 2.29. The molecule has 30 heavy (non-hydrogen) atoms. The van der Waals surface area contributed by atoms with Crippen molar-refractivity contribution in [2.24, 2.45) is 11.5 Å². The van der Waals surface area contributed by atoms with E-state index in [0.717, 1.165) is 11.1 Å². The molecule has 2 aliphatic rings. The number of rotatable bonds is 6. The number of nitrogens with zero attached hydrogens (tertiary/aromatic N) is 1. The number of benzene rings is 2. The Morgan fingerprint density at radius 3 is 2.20 bits per heavy atom. The zero-order valence-electron chi connectivity index (χ0n) is 17.5. The molecule has 3 atom stereocenters. The van der Waals surface area contributed by atoms with Crippen LogP contribution in [0.4, 0.5) is 0 Å². The van der Waals surface area contributed by atoms with Crippen molar-refractivity contribution < 1.29 is 14.3 Å². The third kappa shape index (κ3) is 5.07. The number of aryl methyl sites for hydroxylation is 2. The fourth-order valence-electron chi connectivity index (χ4n) is 4.08. The lowest BCUT2D eigenvalue weighted by atomic mass is 9.92. The summed E-state index contributed by atoms with van der Waals surface area (Å²) in [7, 11) is 0. The van der Waals surface area contributed by atoms with Gasteiger partial charge in [0.2, 0.25) is 12.3 Å². The predicted molar refractivity (Wildman–Crippen MR) is 116 cm³/mol. The topological polar surface area (TPSA) is 98.7 Å². The number of primary amides is 1. The van der Waals surface area contributed by atoms with Gasteiger partial charge in [-0.1, -0.05) is 48.5 Å². The first-order chi connectivity index (χ1) is 14.5. The highest BCUT2D eigenvalue weighted by Crippen LogP contribution is 2.41. The number of nitrogens with two attached hydrogens (primary N) is 2. The number of ether oxygens (including phenoxy) is 1. The Morgan fingerprint density at radius 1 is 1.10 bits per heavy atom. The van der Waals surface area contributed by atoms with Crippen molar-refractivity contribution in [1.82, 2.24) is 4.90 Å². The number of hydrogen-bond donors (Lipinski definition) is 2. The molecule has 0 saturated heterocycles. The van der Waals surface area contributed by atoms with Crippen LogP contribution >= 0.6 is 0 Å². The second kappa shape index (κ2) is 10.4. The lowest BCUT2D eigenvalue weighted by molar-refractivity contribution is -0.144. The first-order valence-electron chi connectivity index (χ1n) is 10.6. The normalized spacial score (nSPS) is 20.4.